The van der Waals surface area contributed by atoms with Gasteiger partial charge in [0.2, 0.25) is 5.91 Å². The molecule has 2 N–H and O–H groups in total. The Morgan fingerprint density at radius 1 is 1.33 bits per heavy atom. The van der Waals surface area contributed by atoms with Gasteiger partial charge in [0.1, 0.15) is 12.7 Å². The Hall–Kier alpha value is -1.14. The number of carbonyl (C=O) groups excluding carboxylic acids is 1. The fourth-order valence-electron chi connectivity index (χ4n) is 3.00. The Bertz CT molecular complexity index is 416. The van der Waals surface area contributed by atoms with Crippen LogP contribution in [0.4, 0.5) is 0 Å². The van der Waals surface area contributed by atoms with E-state index in [1.165, 1.54) is 0 Å². The van der Waals surface area contributed by atoms with Crippen LogP contribution in [0.25, 0.3) is 0 Å². The van der Waals surface area contributed by atoms with Crippen LogP contribution in [0.1, 0.15) is 45.6 Å². The molecule has 120 valence electrons. The molecule has 1 fully saturated rings. The summed E-state index contributed by atoms with van der Waals surface area (Å²) in [6.45, 7) is 6.10. The van der Waals surface area contributed by atoms with Crippen molar-refractivity contribution in [1.82, 2.24) is 19.7 Å². The minimum Gasteiger partial charge on any atom is -0.342 e. The third kappa shape index (κ3) is 3.55. The highest BCUT2D eigenvalue weighted by Gasteiger charge is 2.38. The molecule has 0 atom stereocenters. The van der Waals surface area contributed by atoms with E-state index < -0.39 is 0 Å². The monoisotopic (exact) mass is 315 g/mol. The number of halogens is 1. The number of hydrogen-bond donors (Lipinski definition) is 1. The van der Waals surface area contributed by atoms with E-state index in [-0.39, 0.29) is 23.7 Å². The lowest BCUT2D eigenvalue weighted by atomic mass is 9.80. The molecule has 1 aromatic heterocycles. The van der Waals surface area contributed by atoms with Crippen LogP contribution in [0.15, 0.2) is 12.7 Å². The molecule has 1 aliphatic heterocycles. The maximum Gasteiger partial charge on any atom is 0.230 e. The van der Waals surface area contributed by atoms with Crippen LogP contribution < -0.4 is 5.73 Å². The molecule has 0 radical (unpaired) electrons. The Labute approximate surface area is 132 Å². The molecule has 1 aliphatic rings. The molecule has 1 aromatic rings. The Balaban J connectivity index is 0.00000220. The first kappa shape index (κ1) is 17.9. The number of nitrogens with zero attached hydrogens (tertiary/aromatic N) is 4. The van der Waals surface area contributed by atoms with Crippen molar-refractivity contribution in [2.75, 3.05) is 19.6 Å². The minimum atomic E-state index is -0.375. The summed E-state index contributed by atoms with van der Waals surface area (Å²) < 4.78 is 1.90. The van der Waals surface area contributed by atoms with Crippen LogP contribution in [-0.4, -0.2) is 45.2 Å². The van der Waals surface area contributed by atoms with Gasteiger partial charge in [-0.15, -0.1) is 12.4 Å². The molecule has 1 saturated heterocycles. The zero-order valence-corrected chi connectivity index (χ0v) is 13.7. The van der Waals surface area contributed by atoms with Crippen molar-refractivity contribution in [3.8, 4) is 0 Å². The van der Waals surface area contributed by atoms with Gasteiger partial charge in [-0.3, -0.25) is 4.79 Å². The first-order valence-electron chi connectivity index (χ1n) is 7.50. The number of rotatable bonds is 5. The van der Waals surface area contributed by atoms with Crippen LogP contribution in [0.2, 0.25) is 0 Å². The standard InChI is InChI=1S/C14H25N5O.ClH/c1-3-14(4-2,9-15)13(20)18-7-5-12(6-8-18)19-11-16-10-17-19;/h10-12H,3-9,15H2,1-2H3;1H. The van der Waals surface area contributed by atoms with Gasteiger partial charge in [0.05, 0.1) is 11.5 Å². The molecule has 0 saturated carbocycles. The van der Waals surface area contributed by atoms with Gasteiger partial charge in [0.25, 0.3) is 0 Å². The number of nitrogens with two attached hydrogens (primary N) is 1. The predicted molar refractivity (Wildman–Crippen MR) is 84.2 cm³/mol. The molecule has 0 spiro atoms. The van der Waals surface area contributed by atoms with E-state index in [0.717, 1.165) is 38.8 Å². The third-order valence-corrected chi connectivity index (χ3v) is 4.76. The highest BCUT2D eigenvalue weighted by molar-refractivity contribution is 5.85. The summed E-state index contributed by atoms with van der Waals surface area (Å²) in [5.41, 5.74) is 5.50. The fourth-order valence-corrected chi connectivity index (χ4v) is 3.00. The van der Waals surface area contributed by atoms with Gasteiger partial charge in [0.15, 0.2) is 0 Å². The number of hydrogen-bond acceptors (Lipinski definition) is 4. The third-order valence-electron chi connectivity index (χ3n) is 4.76. The van der Waals surface area contributed by atoms with Crippen molar-refractivity contribution in [2.24, 2.45) is 11.1 Å². The smallest absolute Gasteiger partial charge is 0.230 e. The van der Waals surface area contributed by atoms with Gasteiger partial charge in [0, 0.05) is 19.6 Å². The van der Waals surface area contributed by atoms with Crippen molar-refractivity contribution in [1.29, 1.82) is 0 Å². The maximum atomic E-state index is 12.7. The molecule has 2 heterocycles. The predicted octanol–water partition coefficient (Wildman–Crippen LogP) is 1.63. The minimum absolute atomic E-state index is 0. The lowest BCUT2D eigenvalue weighted by molar-refractivity contribution is -0.143. The number of carbonyl (C=O) groups is 1. The van der Waals surface area contributed by atoms with Crippen molar-refractivity contribution in [3.63, 3.8) is 0 Å². The van der Waals surface area contributed by atoms with Crippen LogP contribution in [0.5, 0.6) is 0 Å². The average Bonchev–Trinajstić information content (AvgIpc) is 3.04. The largest absolute Gasteiger partial charge is 0.342 e. The van der Waals surface area contributed by atoms with Gasteiger partial charge in [-0.2, -0.15) is 5.10 Å². The molecule has 0 unspecified atom stereocenters. The first-order valence-corrected chi connectivity index (χ1v) is 7.50. The van der Waals surface area contributed by atoms with E-state index in [1.807, 2.05) is 9.58 Å². The number of piperidine rings is 1. The molecule has 7 heteroatoms. The zero-order valence-electron chi connectivity index (χ0n) is 12.9. The van der Waals surface area contributed by atoms with E-state index in [9.17, 15) is 4.79 Å². The van der Waals surface area contributed by atoms with Crippen molar-refractivity contribution < 1.29 is 4.79 Å². The number of amides is 1. The van der Waals surface area contributed by atoms with Crippen molar-refractivity contribution >= 4 is 18.3 Å². The first-order chi connectivity index (χ1) is 9.66. The quantitative estimate of drug-likeness (QED) is 0.896. The maximum absolute atomic E-state index is 12.7. The van der Waals surface area contributed by atoms with E-state index in [4.69, 9.17) is 5.73 Å². The van der Waals surface area contributed by atoms with Gasteiger partial charge >= 0.3 is 0 Å². The highest BCUT2D eigenvalue weighted by atomic mass is 35.5. The molecule has 2 rings (SSSR count). The van der Waals surface area contributed by atoms with Gasteiger partial charge in [-0.1, -0.05) is 13.8 Å². The fraction of sp³-hybridized carbons (Fsp3) is 0.786. The second-order valence-corrected chi connectivity index (χ2v) is 5.59. The SMILES string of the molecule is CCC(CC)(CN)C(=O)N1CCC(n2cncn2)CC1.Cl. The van der Waals surface area contributed by atoms with E-state index in [2.05, 4.69) is 23.9 Å². The summed E-state index contributed by atoms with van der Waals surface area (Å²) in [4.78, 5) is 18.7. The normalized spacial score (nSPS) is 16.6. The van der Waals surface area contributed by atoms with Crippen LogP contribution in [-0.2, 0) is 4.79 Å². The van der Waals surface area contributed by atoms with E-state index in [0.29, 0.717) is 12.6 Å². The summed E-state index contributed by atoms with van der Waals surface area (Å²) in [6, 6.07) is 0.358. The van der Waals surface area contributed by atoms with Crippen molar-refractivity contribution in [3.05, 3.63) is 12.7 Å². The molecule has 21 heavy (non-hydrogen) atoms. The molecular weight excluding hydrogens is 290 g/mol. The summed E-state index contributed by atoms with van der Waals surface area (Å²) in [7, 11) is 0. The Morgan fingerprint density at radius 2 is 1.95 bits per heavy atom. The van der Waals surface area contributed by atoms with Gasteiger partial charge < -0.3 is 10.6 Å². The Kier molecular flexibility index (Phi) is 6.61. The van der Waals surface area contributed by atoms with Gasteiger partial charge in [-0.05, 0) is 25.7 Å². The average molecular weight is 316 g/mol. The Morgan fingerprint density at radius 3 is 2.38 bits per heavy atom. The number of likely N-dealkylation sites (tertiary alicyclic amines) is 1. The van der Waals surface area contributed by atoms with Crippen LogP contribution >= 0.6 is 12.4 Å². The lowest BCUT2D eigenvalue weighted by Crippen LogP contribution is -2.50. The summed E-state index contributed by atoms with van der Waals surface area (Å²) in [6.07, 6.45) is 6.80. The highest BCUT2D eigenvalue weighted by Crippen LogP contribution is 2.30. The molecule has 0 bridgehead atoms. The topological polar surface area (TPSA) is 77.0 Å². The van der Waals surface area contributed by atoms with Crippen molar-refractivity contribution in [2.45, 2.75) is 45.6 Å². The van der Waals surface area contributed by atoms with E-state index in [1.54, 1.807) is 12.7 Å². The summed E-state index contributed by atoms with van der Waals surface area (Å²) in [5, 5.41) is 4.19. The molecular formula is C14H26ClN5O. The van der Waals surface area contributed by atoms with Gasteiger partial charge in [-0.25, -0.2) is 9.67 Å². The van der Waals surface area contributed by atoms with Crippen LogP contribution in [0, 0.1) is 5.41 Å². The second-order valence-electron chi connectivity index (χ2n) is 5.59. The molecule has 0 aromatic carbocycles. The van der Waals surface area contributed by atoms with Crippen LogP contribution in [0.3, 0.4) is 0 Å². The summed E-state index contributed by atoms with van der Waals surface area (Å²) in [5.74, 6) is 0.224. The number of aromatic nitrogens is 3. The second kappa shape index (κ2) is 7.75. The lowest BCUT2D eigenvalue weighted by Gasteiger charge is -2.39. The molecule has 0 aliphatic carbocycles. The zero-order chi connectivity index (χ0) is 14.6. The molecule has 6 nitrogen and oxygen atoms in total. The van der Waals surface area contributed by atoms with E-state index >= 15 is 0 Å². The summed E-state index contributed by atoms with van der Waals surface area (Å²) >= 11 is 0. The molecule has 1 amide bonds.